The molecule has 25 heavy (non-hydrogen) atoms. The minimum absolute atomic E-state index is 0.0217. The van der Waals surface area contributed by atoms with E-state index in [9.17, 15) is 9.59 Å². The molecule has 3 N–H and O–H groups in total. The van der Waals surface area contributed by atoms with Crippen molar-refractivity contribution in [1.82, 2.24) is 0 Å². The highest BCUT2D eigenvalue weighted by atomic mass is 16.2. The van der Waals surface area contributed by atoms with Gasteiger partial charge in [0, 0.05) is 23.0 Å². The highest BCUT2D eigenvalue weighted by Gasteiger charge is 2.13. The topological polar surface area (TPSA) is 70.2 Å². The molecule has 0 aliphatic heterocycles. The molecular formula is C20H25N3O2. The maximum atomic E-state index is 12.3. The molecule has 2 rings (SSSR count). The Kier molecular flexibility index (Phi) is 6.17. The lowest BCUT2D eigenvalue weighted by molar-refractivity contribution is -0.119. The third-order valence-corrected chi connectivity index (χ3v) is 3.74. The van der Waals surface area contributed by atoms with Crippen molar-refractivity contribution in [3.63, 3.8) is 0 Å². The first-order valence-electron chi connectivity index (χ1n) is 8.40. The van der Waals surface area contributed by atoms with Crippen molar-refractivity contribution in [3.8, 4) is 0 Å². The number of aryl methyl sites for hydroxylation is 1. The monoisotopic (exact) mass is 339 g/mol. The van der Waals surface area contributed by atoms with Crippen LogP contribution in [0.1, 0.15) is 26.3 Å². The van der Waals surface area contributed by atoms with Crippen LogP contribution in [0.5, 0.6) is 0 Å². The first-order valence-corrected chi connectivity index (χ1v) is 8.40. The van der Waals surface area contributed by atoms with Crippen LogP contribution in [0.25, 0.3) is 0 Å². The normalized spacial score (nSPS) is 11.7. The van der Waals surface area contributed by atoms with Gasteiger partial charge in [-0.1, -0.05) is 26.0 Å². The molecular weight excluding hydrogens is 314 g/mol. The van der Waals surface area contributed by atoms with Gasteiger partial charge in [0.25, 0.3) is 0 Å². The second-order valence-corrected chi connectivity index (χ2v) is 6.45. The maximum Gasteiger partial charge on any atom is 0.246 e. The number of carbonyl (C=O) groups is 2. The molecule has 0 radical (unpaired) electrons. The summed E-state index contributed by atoms with van der Waals surface area (Å²) in [4.78, 5) is 24.0. The fraction of sp³-hybridized carbons (Fsp3) is 0.300. The number of anilines is 3. The zero-order valence-electron chi connectivity index (χ0n) is 15.1. The number of nitrogens with one attached hydrogen (secondary N) is 3. The summed E-state index contributed by atoms with van der Waals surface area (Å²) in [5, 5.41) is 8.89. The Morgan fingerprint density at radius 2 is 1.40 bits per heavy atom. The van der Waals surface area contributed by atoms with E-state index >= 15 is 0 Å². The molecule has 0 spiro atoms. The van der Waals surface area contributed by atoms with Gasteiger partial charge < -0.3 is 16.0 Å². The van der Waals surface area contributed by atoms with E-state index < -0.39 is 6.04 Å². The Bertz CT molecular complexity index is 739. The number of benzene rings is 2. The Hall–Kier alpha value is -2.82. The molecule has 0 aliphatic rings. The van der Waals surface area contributed by atoms with Gasteiger partial charge in [0.2, 0.25) is 11.8 Å². The Labute approximate surface area is 148 Å². The van der Waals surface area contributed by atoms with Crippen molar-refractivity contribution in [2.24, 2.45) is 5.92 Å². The molecule has 0 fully saturated rings. The molecule has 1 unspecified atom stereocenters. The first-order chi connectivity index (χ1) is 11.8. The molecule has 0 saturated heterocycles. The van der Waals surface area contributed by atoms with Gasteiger partial charge in [-0.2, -0.15) is 0 Å². The van der Waals surface area contributed by atoms with E-state index in [2.05, 4.69) is 16.0 Å². The third kappa shape index (κ3) is 5.64. The van der Waals surface area contributed by atoms with E-state index in [0.717, 1.165) is 22.6 Å². The van der Waals surface area contributed by atoms with Crippen LogP contribution in [-0.2, 0) is 9.59 Å². The standard InChI is InChI=1S/C20H25N3O2/c1-13(2)19(24)22-17-10-8-16(9-11-17)21-15(4)20(25)23-18-7-5-6-14(3)12-18/h5-13,15,21H,1-4H3,(H,22,24)(H,23,25). The largest absolute Gasteiger partial charge is 0.374 e. The summed E-state index contributed by atoms with van der Waals surface area (Å²) in [5.74, 6) is -0.197. The van der Waals surface area contributed by atoms with Crippen LogP contribution in [-0.4, -0.2) is 17.9 Å². The molecule has 2 aromatic carbocycles. The quantitative estimate of drug-likeness (QED) is 0.744. The molecule has 0 aliphatic carbocycles. The zero-order valence-corrected chi connectivity index (χ0v) is 15.1. The predicted octanol–water partition coefficient (Wildman–Crippen LogP) is 4.03. The summed E-state index contributed by atoms with van der Waals surface area (Å²) in [6.45, 7) is 7.48. The average molecular weight is 339 g/mol. The number of hydrogen-bond donors (Lipinski definition) is 3. The van der Waals surface area contributed by atoms with Crippen LogP contribution in [0.2, 0.25) is 0 Å². The first kappa shape index (κ1) is 18.5. The second kappa shape index (κ2) is 8.33. The van der Waals surface area contributed by atoms with Gasteiger partial charge in [-0.05, 0) is 55.8 Å². The van der Waals surface area contributed by atoms with Gasteiger partial charge in [0.1, 0.15) is 6.04 Å². The van der Waals surface area contributed by atoms with E-state index in [1.54, 1.807) is 6.92 Å². The third-order valence-electron chi connectivity index (χ3n) is 3.74. The van der Waals surface area contributed by atoms with Crippen LogP contribution >= 0.6 is 0 Å². The lowest BCUT2D eigenvalue weighted by Crippen LogP contribution is -2.31. The summed E-state index contributed by atoms with van der Waals surface area (Å²) in [6.07, 6.45) is 0. The molecule has 2 amide bonds. The average Bonchev–Trinajstić information content (AvgIpc) is 2.56. The highest BCUT2D eigenvalue weighted by Crippen LogP contribution is 2.16. The highest BCUT2D eigenvalue weighted by molar-refractivity contribution is 5.96. The molecule has 5 nitrogen and oxygen atoms in total. The lowest BCUT2D eigenvalue weighted by Gasteiger charge is -2.16. The van der Waals surface area contributed by atoms with E-state index in [1.807, 2.05) is 69.3 Å². The van der Waals surface area contributed by atoms with Crippen molar-refractivity contribution >= 4 is 28.9 Å². The summed E-state index contributed by atoms with van der Waals surface area (Å²) in [6, 6.07) is 14.6. The fourth-order valence-corrected chi connectivity index (χ4v) is 2.23. The van der Waals surface area contributed by atoms with Crippen molar-refractivity contribution in [2.45, 2.75) is 33.7 Å². The van der Waals surface area contributed by atoms with Gasteiger partial charge in [0.05, 0.1) is 0 Å². The van der Waals surface area contributed by atoms with Gasteiger partial charge >= 0.3 is 0 Å². The van der Waals surface area contributed by atoms with Crippen LogP contribution < -0.4 is 16.0 Å². The lowest BCUT2D eigenvalue weighted by atomic mass is 10.2. The SMILES string of the molecule is Cc1cccc(NC(=O)C(C)Nc2ccc(NC(=O)C(C)C)cc2)c1. The summed E-state index contributed by atoms with van der Waals surface area (Å²) in [5.41, 5.74) is 3.43. The predicted molar refractivity (Wildman–Crippen MR) is 103 cm³/mol. The number of amides is 2. The van der Waals surface area contributed by atoms with Gasteiger partial charge in [-0.3, -0.25) is 9.59 Å². The molecule has 0 saturated carbocycles. The van der Waals surface area contributed by atoms with Gasteiger partial charge in [-0.25, -0.2) is 0 Å². The molecule has 132 valence electrons. The van der Waals surface area contributed by atoms with Crippen LogP contribution in [0.3, 0.4) is 0 Å². The van der Waals surface area contributed by atoms with Crippen molar-refractivity contribution < 1.29 is 9.59 Å². The van der Waals surface area contributed by atoms with E-state index in [1.165, 1.54) is 0 Å². The summed E-state index contributed by atoms with van der Waals surface area (Å²) in [7, 11) is 0. The number of carbonyl (C=O) groups excluding carboxylic acids is 2. The molecule has 0 bridgehead atoms. The van der Waals surface area contributed by atoms with Crippen LogP contribution in [0, 0.1) is 12.8 Å². The Morgan fingerprint density at radius 3 is 2.00 bits per heavy atom. The number of hydrogen-bond acceptors (Lipinski definition) is 3. The van der Waals surface area contributed by atoms with Crippen LogP contribution in [0.4, 0.5) is 17.1 Å². The van der Waals surface area contributed by atoms with Gasteiger partial charge in [-0.15, -0.1) is 0 Å². The zero-order chi connectivity index (χ0) is 18.4. The van der Waals surface area contributed by atoms with Crippen molar-refractivity contribution in [2.75, 3.05) is 16.0 Å². The molecule has 5 heteroatoms. The number of rotatable bonds is 6. The minimum Gasteiger partial charge on any atom is -0.374 e. The van der Waals surface area contributed by atoms with Gasteiger partial charge in [0.15, 0.2) is 0 Å². The second-order valence-electron chi connectivity index (χ2n) is 6.45. The van der Waals surface area contributed by atoms with E-state index in [4.69, 9.17) is 0 Å². The van der Waals surface area contributed by atoms with E-state index in [-0.39, 0.29) is 17.7 Å². The molecule has 1 atom stereocenters. The maximum absolute atomic E-state index is 12.3. The summed E-state index contributed by atoms with van der Waals surface area (Å²) < 4.78 is 0. The molecule has 2 aromatic rings. The smallest absolute Gasteiger partial charge is 0.246 e. The minimum atomic E-state index is -0.392. The summed E-state index contributed by atoms with van der Waals surface area (Å²) >= 11 is 0. The Morgan fingerprint density at radius 1 is 0.800 bits per heavy atom. The molecule has 0 aromatic heterocycles. The van der Waals surface area contributed by atoms with Crippen molar-refractivity contribution in [3.05, 3.63) is 54.1 Å². The fourth-order valence-electron chi connectivity index (χ4n) is 2.23. The van der Waals surface area contributed by atoms with Crippen molar-refractivity contribution in [1.29, 1.82) is 0 Å². The molecule has 0 heterocycles. The van der Waals surface area contributed by atoms with E-state index in [0.29, 0.717) is 0 Å². The van der Waals surface area contributed by atoms with Crippen LogP contribution in [0.15, 0.2) is 48.5 Å². The Balaban J connectivity index is 1.92.